The molecule has 1 saturated heterocycles. The molecule has 5 rings (SSSR count). The van der Waals surface area contributed by atoms with Crippen LogP contribution in [0.25, 0.3) is 5.65 Å². The van der Waals surface area contributed by atoms with Crippen LogP contribution in [0.2, 0.25) is 0 Å². The number of ketones is 1. The van der Waals surface area contributed by atoms with Gasteiger partial charge in [0.05, 0.1) is 6.20 Å². The fourth-order valence-electron chi connectivity index (χ4n) is 5.12. The van der Waals surface area contributed by atoms with Crippen LogP contribution >= 0.6 is 0 Å². The second kappa shape index (κ2) is 11.4. The van der Waals surface area contributed by atoms with E-state index in [1.54, 1.807) is 24.0 Å². The highest BCUT2D eigenvalue weighted by Gasteiger charge is 2.28. The van der Waals surface area contributed by atoms with Crippen molar-refractivity contribution in [2.24, 2.45) is 0 Å². The van der Waals surface area contributed by atoms with Gasteiger partial charge in [0.15, 0.2) is 11.4 Å². The van der Waals surface area contributed by atoms with Gasteiger partial charge in [-0.1, -0.05) is 6.07 Å². The van der Waals surface area contributed by atoms with E-state index in [1.165, 1.54) is 16.8 Å². The molecule has 0 aliphatic carbocycles. The summed E-state index contributed by atoms with van der Waals surface area (Å²) in [6.45, 7) is 3.20. The molecule has 1 aromatic carbocycles. The Balaban J connectivity index is 1.25. The van der Waals surface area contributed by atoms with Gasteiger partial charge in [0.1, 0.15) is 29.8 Å². The molecule has 40 heavy (non-hydrogen) atoms. The quantitative estimate of drug-likeness (QED) is 0.444. The fourth-order valence-corrected chi connectivity index (χ4v) is 5.12. The SMILES string of the molecule is C[C@H](NC(=O)c1cc(C(=O)NCc2ccc3c(c2)CC(=O)CO3)nc2ccnn12)C(=O)N1CCC(N(C)C)CC1. The van der Waals surface area contributed by atoms with Crippen molar-refractivity contribution in [1.82, 2.24) is 35.0 Å². The highest BCUT2D eigenvalue weighted by Crippen LogP contribution is 2.24. The molecule has 1 atom stereocenters. The molecule has 0 unspecified atom stereocenters. The third-order valence-electron chi connectivity index (χ3n) is 7.40. The second-order valence-electron chi connectivity index (χ2n) is 10.5. The van der Waals surface area contributed by atoms with Crippen molar-refractivity contribution >= 4 is 29.2 Å². The largest absolute Gasteiger partial charge is 0.486 e. The lowest BCUT2D eigenvalue weighted by atomic mass is 10.0. The van der Waals surface area contributed by atoms with E-state index in [4.69, 9.17) is 4.74 Å². The highest BCUT2D eigenvalue weighted by atomic mass is 16.5. The molecule has 210 valence electrons. The molecule has 2 aliphatic heterocycles. The standard InChI is InChI=1S/C28H33N7O5/c1-17(28(39)34-10-7-20(8-11-34)33(2)3)31-27(38)23-14-22(32-25-6-9-30-35(23)25)26(37)29-15-18-4-5-24-19(12-18)13-21(36)16-40-24/h4-6,9,12,14,17,20H,7-8,10-11,13,15-16H2,1-3H3,(H,29,37)(H,31,38)/t17-/m0/s1. The first-order valence-electron chi connectivity index (χ1n) is 13.3. The molecule has 3 amide bonds. The Morgan fingerprint density at radius 1 is 1.12 bits per heavy atom. The summed E-state index contributed by atoms with van der Waals surface area (Å²) >= 11 is 0. The summed E-state index contributed by atoms with van der Waals surface area (Å²) in [6, 6.07) is 8.09. The smallest absolute Gasteiger partial charge is 0.270 e. The second-order valence-corrected chi connectivity index (χ2v) is 10.5. The average molecular weight is 548 g/mol. The lowest BCUT2D eigenvalue weighted by molar-refractivity contribution is -0.134. The van der Waals surface area contributed by atoms with Crippen molar-refractivity contribution in [2.45, 2.75) is 44.8 Å². The number of Topliss-reactive ketones (excluding diaryl/α,β-unsaturated/α-hetero) is 1. The van der Waals surface area contributed by atoms with Gasteiger partial charge < -0.3 is 25.2 Å². The first-order chi connectivity index (χ1) is 19.2. The molecule has 2 aliphatic rings. The van der Waals surface area contributed by atoms with E-state index in [9.17, 15) is 19.2 Å². The van der Waals surface area contributed by atoms with Gasteiger partial charge in [-0.2, -0.15) is 5.10 Å². The number of fused-ring (bicyclic) bond motifs is 2. The Hall–Kier alpha value is -4.32. The van der Waals surface area contributed by atoms with E-state index < -0.39 is 17.9 Å². The third-order valence-corrected chi connectivity index (χ3v) is 7.40. The zero-order valence-corrected chi connectivity index (χ0v) is 22.8. The van der Waals surface area contributed by atoms with Gasteiger partial charge in [-0.3, -0.25) is 19.2 Å². The van der Waals surface area contributed by atoms with Crippen molar-refractivity contribution in [1.29, 1.82) is 0 Å². The Morgan fingerprint density at radius 3 is 2.65 bits per heavy atom. The molecule has 4 heterocycles. The third kappa shape index (κ3) is 5.81. The van der Waals surface area contributed by atoms with Crippen molar-refractivity contribution in [3.63, 3.8) is 0 Å². The predicted molar refractivity (Wildman–Crippen MR) is 145 cm³/mol. The van der Waals surface area contributed by atoms with Gasteiger partial charge in [-0.25, -0.2) is 9.50 Å². The molecular weight excluding hydrogens is 514 g/mol. The lowest BCUT2D eigenvalue weighted by Crippen LogP contribution is -2.51. The van der Waals surface area contributed by atoms with Crippen LogP contribution in [0, 0.1) is 0 Å². The van der Waals surface area contributed by atoms with E-state index in [2.05, 4.69) is 25.6 Å². The fraction of sp³-hybridized carbons (Fsp3) is 0.429. The van der Waals surface area contributed by atoms with E-state index in [1.807, 2.05) is 26.2 Å². The van der Waals surface area contributed by atoms with Crippen molar-refractivity contribution < 1.29 is 23.9 Å². The molecule has 12 heteroatoms. The molecule has 3 aromatic rings. The van der Waals surface area contributed by atoms with Gasteiger partial charge in [0, 0.05) is 49.8 Å². The first-order valence-corrected chi connectivity index (χ1v) is 13.3. The van der Waals surface area contributed by atoms with Crippen LogP contribution in [0.4, 0.5) is 0 Å². The normalized spacial score (nSPS) is 16.4. The number of benzene rings is 1. The van der Waals surface area contributed by atoms with E-state index in [-0.39, 0.29) is 36.2 Å². The molecule has 2 N–H and O–H groups in total. The van der Waals surface area contributed by atoms with Crippen LogP contribution in [0.5, 0.6) is 5.75 Å². The van der Waals surface area contributed by atoms with Crippen LogP contribution in [0.15, 0.2) is 36.5 Å². The van der Waals surface area contributed by atoms with Crippen molar-refractivity contribution in [2.75, 3.05) is 33.8 Å². The molecule has 0 spiro atoms. The van der Waals surface area contributed by atoms with Gasteiger partial charge in [-0.05, 0) is 51.6 Å². The monoisotopic (exact) mass is 547 g/mol. The minimum Gasteiger partial charge on any atom is -0.486 e. The number of carbonyl (C=O) groups is 4. The minimum atomic E-state index is -0.751. The number of carbonyl (C=O) groups excluding carboxylic acids is 4. The van der Waals surface area contributed by atoms with E-state index in [0.29, 0.717) is 36.9 Å². The number of piperidine rings is 1. The Labute approximate surface area is 231 Å². The van der Waals surface area contributed by atoms with E-state index >= 15 is 0 Å². The zero-order valence-electron chi connectivity index (χ0n) is 22.8. The first kappa shape index (κ1) is 27.3. The number of nitrogens with zero attached hydrogens (tertiary/aromatic N) is 5. The van der Waals surface area contributed by atoms with Crippen LogP contribution in [0.3, 0.4) is 0 Å². The summed E-state index contributed by atoms with van der Waals surface area (Å²) in [4.78, 5) is 59.3. The summed E-state index contributed by atoms with van der Waals surface area (Å²) in [7, 11) is 4.08. The van der Waals surface area contributed by atoms with Crippen LogP contribution in [-0.2, 0) is 22.6 Å². The molecular formula is C28H33N7O5. The van der Waals surface area contributed by atoms with Crippen LogP contribution in [0.1, 0.15) is 51.9 Å². The lowest BCUT2D eigenvalue weighted by Gasteiger charge is -2.36. The number of nitrogens with one attached hydrogen (secondary N) is 2. The summed E-state index contributed by atoms with van der Waals surface area (Å²) < 4.78 is 6.76. The number of aromatic nitrogens is 3. The van der Waals surface area contributed by atoms with Crippen LogP contribution < -0.4 is 15.4 Å². The average Bonchev–Trinajstić information content (AvgIpc) is 3.43. The van der Waals surface area contributed by atoms with Crippen molar-refractivity contribution in [3.05, 3.63) is 59.0 Å². The predicted octanol–water partition coefficient (Wildman–Crippen LogP) is 0.834. The number of hydrogen-bond donors (Lipinski definition) is 2. The summed E-state index contributed by atoms with van der Waals surface area (Å²) in [5.74, 6) is -0.484. The van der Waals surface area contributed by atoms with Gasteiger partial charge in [0.2, 0.25) is 5.91 Å². The van der Waals surface area contributed by atoms with Crippen LogP contribution in [-0.4, -0.2) is 93.8 Å². The summed E-state index contributed by atoms with van der Waals surface area (Å²) in [5.41, 5.74) is 2.05. The number of hydrogen-bond acceptors (Lipinski definition) is 8. The van der Waals surface area contributed by atoms with Crippen molar-refractivity contribution in [3.8, 4) is 5.75 Å². The maximum absolute atomic E-state index is 13.3. The molecule has 1 fully saturated rings. The maximum atomic E-state index is 13.3. The Morgan fingerprint density at radius 2 is 1.90 bits per heavy atom. The van der Waals surface area contributed by atoms with Gasteiger partial charge >= 0.3 is 0 Å². The molecule has 0 bridgehead atoms. The number of amides is 3. The zero-order chi connectivity index (χ0) is 28.4. The Bertz CT molecular complexity index is 1460. The number of rotatable bonds is 7. The Kier molecular flexibility index (Phi) is 7.78. The minimum absolute atomic E-state index is 0.00251. The molecule has 0 saturated carbocycles. The molecule has 12 nitrogen and oxygen atoms in total. The molecule has 0 radical (unpaired) electrons. The number of ether oxygens (including phenoxy) is 1. The maximum Gasteiger partial charge on any atom is 0.270 e. The van der Waals surface area contributed by atoms with Gasteiger partial charge in [0.25, 0.3) is 11.8 Å². The summed E-state index contributed by atoms with van der Waals surface area (Å²) in [6.07, 6.45) is 3.55. The summed E-state index contributed by atoms with van der Waals surface area (Å²) in [5, 5.41) is 9.75. The number of likely N-dealkylation sites (tertiary alicyclic amines) is 1. The van der Waals surface area contributed by atoms with Gasteiger partial charge in [-0.15, -0.1) is 0 Å². The highest BCUT2D eigenvalue weighted by molar-refractivity contribution is 6.00. The molecule has 2 aromatic heterocycles. The topological polar surface area (TPSA) is 138 Å². The van der Waals surface area contributed by atoms with E-state index in [0.717, 1.165) is 24.0 Å².